The number of hydrogen-bond acceptors (Lipinski definition) is 3. The Hall–Kier alpha value is -4.17. The van der Waals surface area contributed by atoms with E-state index in [2.05, 4.69) is 11.4 Å². The fourth-order valence-corrected chi connectivity index (χ4v) is 3.30. The summed E-state index contributed by atoms with van der Waals surface area (Å²) in [7, 11) is 0. The number of benzene rings is 4. The van der Waals surface area contributed by atoms with Crippen molar-refractivity contribution in [3.63, 3.8) is 0 Å². The van der Waals surface area contributed by atoms with Crippen LogP contribution in [0.1, 0.15) is 12.8 Å². The van der Waals surface area contributed by atoms with E-state index < -0.39 is 0 Å². The number of hydrogen-bond donors (Lipinski definition) is 2. The van der Waals surface area contributed by atoms with Gasteiger partial charge in [-0.2, -0.15) is 5.26 Å². The zero-order valence-corrected chi connectivity index (χ0v) is 18.1. The lowest BCUT2D eigenvalue weighted by Crippen LogP contribution is -2.02. The summed E-state index contributed by atoms with van der Waals surface area (Å²) in [6.45, 7) is 0.756. The summed E-state index contributed by atoms with van der Waals surface area (Å²) in [5.74, 6) is -0.466. The van der Waals surface area contributed by atoms with Crippen molar-refractivity contribution in [3.8, 4) is 28.3 Å². The molecule has 0 atom stereocenters. The summed E-state index contributed by atoms with van der Waals surface area (Å²) in [5, 5.41) is 11.8. The van der Waals surface area contributed by atoms with Gasteiger partial charge in [0.05, 0.1) is 6.07 Å². The summed E-state index contributed by atoms with van der Waals surface area (Å²) in [5.41, 5.74) is 11.4. The number of nitrogen functional groups attached to an aromatic ring is 1. The average Bonchev–Trinajstić information content (AvgIpc) is 2.84. The van der Waals surface area contributed by atoms with Crippen LogP contribution < -0.4 is 11.1 Å². The standard InChI is InChI=1S/C16H15FN2.C12H10FN/c17-14-9-7-13(8-10-14)15-5-1-2-6-16(15)19-12-4-3-11-18;13-10-7-5-9(6-8-10)11-3-1-2-4-12(11)14/h1-2,5-10,19H,3-4,12H2;1-8H,14H2. The Morgan fingerprint density at radius 2 is 1.21 bits per heavy atom. The molecule has 166 valence electrons. The van der Waals surface area contributed by atoms with E-state index in [1.54, 1.807) is 24.3 Å². The first-order chi connectivity index (χ1) is 16.1. The zero-order valence-electron chi connectivity index (χ0n) is 18.1. The second kappa shape index (κ2) is 12.0. The van der Waals surface area contributed by atoms with Crippen LogP contribution in [0.4, 0.5) is 20.2 Å². The Bertz CT molecular complexity index is 1200. The minimum absolute atomic E-state index is 0.233. The van der Waals surface area contributed by atoms with Crippen molar-refractivity contribution < 1.29 is 8.78 Å². The Balaban J connectivity index is 0.000000194. The van der Waals surface area contributed by atoms with Gasteiger partial charge in [0, 0.05) is 35.5 Å². The number of nitrogens with two attached hydrogens (primary N) is 1. The fraction of sp³-hybridized carbons (Fsp3) is 0.107. The first kappa shape index (κ1) is 23.5. The van der Waals surface area contributed by atoms with Gasteiger partial charge in [-0.3, -0.25) is 0 Å². The molecule has 0 saturated heterocycles. The second-order valence-corrected chi connectivity index (χ2v) is 7.34. The van der Waals surface area contributed by atoms with Gasteiger partial charge in [-0.15, -0.1) is 0 Å². The molecule has 0 heterocycles. The van der Waals surface area contributed by atoms with Gasteiger partial charge in [-0.05, 0) is 53.9 Å². The van der Waals surface area contributed by atoms with Crippen LogP contribution in [0.2, 0.25) is 0 Å². The van der Waals surface area contributed by atoms with Crippen LogP contribution in [-0.2, 0) is 0 Å². The fourth-order valence-electron chi connectivity index (χ4n) is 3.30. The van der Waals surface area contributed by atoms with E-state index in [4.69, 9.17) is 11.0 Å². The molecule has 3 N–H and O–H groups in total. The van der Waals surface area contributed by atoms with Gasteiger partial charge >= 0.3 is 0 Å². The first-order valence-electron chi connectivity index (χ1n) is 10.6. The van der Waals surface area contributed by atoms with E-state index >= 15 is 0 Å². The Labute approximate surface area is 193 Å². The minimum atomic E-state index is -0.233. The van der Waals surface area contributed by atoms with Crippen LogP contribution in [-0.4, -0.2) is 6.54 Å². The molecule has 0 aliphatic rings. The normalized spacial score (nSPS) is 9.97. The number of anilines is 2. The monoisotopic (exact) mass is 441 g/mol. The number of unbranched alkanes of at least 4 members (excludes halogenated alkanes) is 1. The van der Waals surface area contributed by atoms with Crippen molar-refractivity contribution in [3.05, 3.63) is 109 Å². The molecule has 0 aliphatic heterocycles. The molecule has 0 fully saturated rings. The van der Waals surface area contributed by atoms with E-state index in [1.165, 1.54) is 24.3 Å². The summed E-state index contributed by atoms with van der Waals surface area (Å²) in [4.78, 5) is 0. The summed E-state index contributed by atoms with van der Waals surface area (Å²) in [6.07, 6.45) is 1.36. The van der Waals surface area contributed by atoms with Gasteiger partial charge in [-0.1, -0.05) is 60.7 Å². The topological polar surface area (TPSA) is 61.8 Å². The van der Waals surface area contributed by atoms with Gasteiger partial charge in [0.1, 0.15) is 11.6 Å². The van der Waals surface area contributed by atoms with Crippen molar-refractivity contribution in [2.45, 2.75) is 12.8 Å². The van der Waals surface area contributed by atoms with Crippen LogP contribution >= 0.6 is 0 Å². The lowest BCUT2D eigenvalue weighted by Gasteiger charge is -2.11. The van der Waals surface area contributed by atoms with Crippen LogP contribution in [0.15, 0.2) is 97.1 Å². The molecule has 33 heavy (non-hydrogen) atoms. The Morgan fingerprint density at radius 1 is 0.697 bits per heavy atom. The van der Waals surface area contributed by atoms with Crippen molar-refractivity contribution >= 4 is 11.4 Å². The molecular formula is C28H25F2N3. The molecule has 0 radical (unpaired) electrons. The summed E-state index contributed by atoms with van der Waals surface area (Å²) in [6, 6.07) is 30.3. The molecule has 0 bridgehead atoms. The molecule has 0 saturated carbocycles. The van der Waals surface area contributed by atoms with Crippen molar-refractivity contribution in [2.24, 2.45) is 0 Å². The number of nitrogens with zero attached hydrogens (tertiary/aromatic N) is 1. The predicted octanol–water partition coefficient (Wildman–Crippen LogP) is 7.28. The van der Waals surface area contributed by atoms with Crippen molar-refractivity contribution in [2.75, 3.05) is 17.6 Å². The van der Waals surface area contributed by atoms with Gasteiger partial charge in [0.15, 0.2) is 0 Å². The van der Waals surface area contributed by atoms with Crippen LogP contribution in [0, 0.1) is 23.0 Å². The Kier molecular flexibility index (Phi) is 8.55. The molecule has 0 spiro atoms. The molecule has 3 nitrogen and oxygen atoms in total. The molecule has 4 rings (SSSR count). The molecule has 0 amide bonds. The van der Waals surface area contributed by atoms with Crippen LogP contribution in [0.25, 0.3) is 22.3 Å². The number of para-hydroxylation sites is 2. The van der Waals surface area contributed by atoms with E-state index in [-0.39, 0.29) is 11.6 Å². The third kappa shape index (κ3) is 6.91. The third-order valence-electron chi connectivity index (χ3n) is 4.98. The van der Waals surface area contributed by atoms with Crippen molar-refractivity contribution in [1.82, 2.24) is 0 Å². The summed E-state index contributed by atoms with van der Waals surface area (Å²) < 4.78 is 25.6. The average molecular weight is 442 g/mol. The zero-order chi connectivity index (χ0) is 23.5. The maximum absolute atomic E-state index is 12.9. The molecule has 0 aliphatic carbocycles. The molecule has 4 aromatic carbocycles. The van der Waals surface area contributed by atoms with Crippen LogP contribution in [0.3, 0.4) is 0 Å². The predicted molar refractivity (Wildman–Crippen MR) is 131 cm³/mol. The van der Waals surface area contributed by atoms with Gasteiger partial charge in [0.2, 0.25) is 0 Å². The highest BCUT2D eigenvalue weighted by atomic mass is 19.1. The third-order valence-corrected chi connectivity index (χ3v) is 4.98. The molecular weight excluding hydrogens is 416 g/mol. The van der Waals surface area contributed by atoms with E-state index in [9.17, 15) is 8.78 Å². The lowest BCUT2D eigenvalue weighted by atomic mass is 10.0. The SMILES string of the molecule is N#CCCCNc1ccccc1-c1ccc(F)cc1.Nc1ccccc1-c1ccc(F)cc1. The highest BCUT2D eigenvalue weighted by Gasteiger charge is 2.04. The lowest BCUT2D eigenvalue weighted by molar-refractivity contribution is 0.627. The highest BCUT2D eigenvalue weighted by molar-refractivity contribution is 5.78. The molecule has 5 heteroatoms. The number of nitrogens with one attached hydrogen (secondary N) is 1. The largest absolute Gasteiger partial charge is 0.398 e. The van der Waals surface area contributed by atoms with Gasteiger partial charge in [-0.25, -0.2) is 8.78 Å². The molecule has 0 unspecified atom stereocenters. The smallest absolute Gasteiger partial charge is 0.123 e. The molecule has 4 aromatic rings. The maximum atomic E-state index is 12.9. The van der Waals surface area contributed by atoms with Crippen molar-refractivity contribution in [1.29, 1.82) is 5.26 Å². The quantitative estimate of drug-likeness (QED) is 0.244. The number of halogens is 2. The Morgan fingerprint density at radius 3 is 1.79 bits per heavy atom. The van der Waals surface area contributed by atoms with E-state index in [0.29, 0.717) is 12.1 Å². The highest BCUT2D eigenvalue weighted by Crippen LogP contribution is 2.28. The molecule has 0 aromatic heterocycles. The van der Waals surface area contributed by atoms with E-state index in [1.807, 2.05) is 48.5 Å². The minimum Gasteiger partial charge on any atom is -0.398 e. The maximum Gasteiger partial charge on any atom is 0.123 e. The van der Waals surface area contributed by atoms with Gasteiger partial charge < -0.3 is 11.1 Å². The second-order valence-electron chi connectivity index (χ2n) is 7.34. The number of rotatable bonds is 6. The van der Waals surface area contributed by atoms with E-state index in [0.717, 1.165) is 40.9 Å². The summed E-state index contributed by atoms with van der Waals surface area (Å²) >= 11 is 0. The number of nitriles is 1. The van der Waals surface area contributed by atoms with Gasteiger partial charge in [0.25, 0.3) is 0 Å². The first-order valence-corrected chi connectivity index (χ1v) is 10.6. The van der Waals surface area contributed by atoms with Crippen LogP contribution in [0.5, 0.6) is 0 Å².